The van der Waals surface area contributed by atoms with Crippen LogP contribution in [0.2, 0.25) is 5.02 Å². The van der Waals surface area contributed by atoms with E-state index in [2.05, 4.69) is 9.88 Å². The van der Waals surface area contributed by atoms with Gasteiger partial charge < -0.3 is 20.1 Å². The van der Waals surface area contributed by atoms with E-state index in [-0.39, 0.29) is 72.8 Å². The van der Waals surface area contributed by atoms with Crippen LogP contribution in [0.5, 0.6) is 11.8 Å². The third-order valence-electron chi connectivity index (χ3n) is 10.1. The van der Waals surface area contributed by atoms with Crippen LogP contribution in [0, 0.1) is 23.0 Å². The van der Waals surface area contributed by atoms with Crippen LogP contribution in [-0.4, -0.2) is 65.5 Å². The van der Waals surface area contributed by atoms with Crippen molar-refractivity contribution in [2.75, 3.05) is 37.4 Å². The lowest BCUT2D eigenvalue weighted by Gasteiger charge is -2.39. The molecule has 8 rings (SSSR count). The molecule has 0 amide bonds. The monoisotopic (exact) mass is 654 g/mol. The lowest BCUT2D eigenvalue weighted by atomic mass is 9.90. The van der Waals surface area contributed by atoms with Gasteiger partial charge in [0.1, 0.15) is 47.1 Å². The van der Waals surface area contributed by atoms with E-state index < -0.39 is 23.3 Å². The van der Waals surface area contributed by atoms with Gasteiger partial charge in [0.2, 0.25) is 0 Å². The maximum absolute atomic E-state index is 17.1. The summed E-state index contributed by atoms with van der Waals surface area (Å²) in [5.41, 5.74) is 5.78. The van der Waals surface area contributed by atoms with E-state index in [9.17, 15) is 14.0 Å². The molecule has 2 aromatic carbocycles. The quantitative estimate of drug-likeness (QED) is 0.251. The van der Waals surface area contributed by atoms with Gasteiger partial charge in [-0.15, -0.1) is 11.3 Å². The third kappa shape index (κ3) is 4.34. The van der Waals surface area contributed by atoms with Crippen LogP contribution in [0.1, 0.15) is 50.5 Å². The number of rotatable bonds is 4. The Balaban J connectivity index is 1.36. The SMILES string of the molecule is CN1c2nc(OC[C@@]34CCCN3C[C@H](F)C4)nc3c(F)c(-c4ccc(F)c5sc(N)c(C#N)c45)c(Cl)c(c23)OC2CCCC1C2. The number of fused-ring (bicyclic) bond motifs is 4. The first-order valence-electron chi connectivity index (χ1n) is 15.2. The number of thiophene rings is 1. The Morgan fingerprint density at radius 2 is 2.09 bits per heavy atom. The van der Waals surface area contributed by atoms with Gasteiger partial charge in [-0.3, -0.25) is 4.90 Å². The standard InChI is InChI=1S/C32H30ClF3N6O2S/c1-41-16-4-2-5-17(10-16)44-27-23-26(39-31(40-30(23)41)43-14-32-8-3-9-42(32)13-15(34)11-32)25(36)22(24(27)33)18-6-7-20(35)28-21(18)19(12-37)29(38)45-28/h6-7,15-17H,2-5,8-11,13-14,38H2,1H3/t15-,16?,17?,32+/m1/s1. The fourth-order valence-corrected chi connectivity index (χ4v) is 9.25. The molecular formula is C32H30ClF3N6O2S. The minimum absolute atomic E-state index is 0.0158. The van der Waals surface area contributed by atoms with Gasteiger partial charge in [-0.25, -0.2) is 13.2 Å². The molecule has 0 spiro atoms. The number of benzene rings is 2. The van der Waals surface area contributed by atoms with Crippen molar-refractivity contribution in [3.8, 4) is 29.0 Å². The molecule has 2 unspecified atom stereocenters. The molecular weight excluding hydrogens is 625 g/mol. The molecule has 5 heterocycles. The number of anilines is 2. The summed E-state index contributed by atoms with van der Waals surface area (Å²) >= 11 is 8.00. The minimum Gasteiger partial charge on any atom is -0.488 e. The summed E-state index contributed by atoms with van der Waals surface area (Å²) in [6.07, 6.45) is 4.40. The minimum atomic E-state index is -0.927. The maximum atomic E-state index is 17.1. The van der Waals surface area contributed by atoms with Gasteiger partial charge in [0.05, 0.1) is 26.2 Å². The zero-order chi connectivity index (χ0) is 31.2. The second-order valence-corrected chi connectivity index (χ2v) is 14.1. The average Bonchev–Trinajstić information content (AvgIpc) is 3.67. The van der Waals surface area contributed by atoms with Crippen LogP contribution in [0.15, 0.2) is 12.1 Å². The summed E-state index contributed by atoms with van der Waals surface area (Å²) in [6, 6.07) is 4.73. The van der Waals surface area contributed by atoms with Crippen molar-refractivity contribution < 1.29 is 22.6 Å². The predicted molar refractivity (Wildman–Crippen MR) is 168 cm³/mol. The van der Waals surface area contributed by atoms with E-state index >= 15 is 4.39 Å². The first-order chi connectivity index (χ1) is 21.7. The van der Waals surface area contributed by atoms with Crippen molar-refractivity contribution in [1.82, 2.24) is 14.9 Å². The number of nitrogens with two attached hydrogens (primary N) is 1. The van der Waals surface area contributed by atoms with Gasteiger partial charge in [0.25, 0.3) is 0 Å². The number of aromatic nitrogens is 2. The van der Waals surface area contributed by atoms with Gasteiger partial charge in [-0.2, -0.15) is 15.2 Å². The highest BCUT2D eigenvalue weighted by atomic mass is 35.5. The molecule has 2 N–H and O–H groups in total. The number of hydrogen-bond acceptors (Lipinski definition) is 9. The molecule has 45 heavy (non-hydrogen) atoms. The molecule has 0 radical (unpaired) electrons. The normalized spacial score (nSPS) is 26.0. The summed E-state index contributed by atoms with van der Waals surface area (Å²) < 4.78 is 59.4. The van der Waals surface area contributed by atoms with Crippen molar-refractivity contribution in [2.24, 2.45) is 0 Å². The summed E-state index contributed by atoms with van der Waals surface area (Å²) in [5, 5.41) is 10.5. The fourth-order valence-electron chi connectivity index (χ4n) is 7.98. The number of nitrogens with zero attached hydrogens (tertiary/aromatic N) is 5. The zero-order valence-electron chi connectivity index (χ0n) is 24.5. The first kappa shape index (κ1) is 28.9. The maximum Gasteiger partial charge on any atom is 0.319 e. The molecule has 4 atom stereocenters. The highest BCUT2D eigenvalue weighted by molar-refractivity contribution is 7.23. The Morgan fingerprint density at radius 1 is 1.24 bits per heavy atom. The Bertz CT molecular complexity index is 1930. The molecule has 13 heteroatoms. The highest BCUT2D eigenvalue weighted by Gasteiger charge is 2.49. The first-order valence-corrected chi connectivity index (χ1v) is 16.4. The third-order valence-corrected chi connectivity index (χ3v) is 11.5. The van der Waals surface area contributed by atoms with Crippen molar-refractivity contribution in [2.45, 2.75) is 68.8 Å². The molecule has 2 bridgehead atoms. The molecule has 3 aliphatic heterocycles. The van der Waals surface area contributed by atoms with Crippen LogP contribution >= 0.6 is 22.9 Å². The Hall–Kier alpha value is -3.53. The number of nitriles is 1. The highest BCUT2D eigenvalue weighted by Crippen LogP contribution is 2.52. The second kappa shape index (κ2) is 10.5. The van der Waals surface area contributed by atoms with E-state index in [1.165, 1.54) is 12.1 Å². The number of hydrogen-bond donors (Lipinski definition) is 1. The van der Waals surface area contributed by atoms with E-state index in [0.717, 1.165) is 56.4 Å². The van der Waals surface area contributed by atoms with Crippen molar-refractivity contribution in [3.63, 3.8) is 0 Å². The lowest BCUT2D eigenvalue weighted by Crippen LogP contribution is -2.43. The van der Waals surface area contributed by atoms with Crippen molar-refractivity contribution >= 4 is 54.7 Å². The van der Waals surface area contributed by atoms with Gasteiger partial charge in [-0.05, 0) is 50.3 Å². The molecule has 1 aliphatic carbocycles. The Labute approximate surface area is 266 Å². The second-order valence-electron chi connectivity index (χ2n) is 12.7. The molecule has 8 nitrogen and oxygen atoms in total. The van der Waals surface area contributed by atoms with Crippen molar-refractivity contribution in [1.29, 1.82) is 5.26 Å². The number of alkyl halides is 1. The molecule has 4 aromatic rings. The fraction of sp³-hybridized carbons (Fsp3) is 0.469. The molecule has 2 saturated heterocycles. The molecule has 4 aliphatic rings. The zero-order valence-corrected chi connectivity index (χ0v) is 26.1. The summed E-state index contributed by atoms with van der Waals surface area (Å²) in [5.74, 6) is -0.687. The Morgan fingerprint density at radius 3 is 2.91 bits per heavy atom. The topological polar surface area (TPSA) is 101 Å². The lowest BCUT2D eigenvalue weighted by molar-refractivity contribution is 0.107. The van der Waals surface area contributed by atoms with Gasteiger partial charge in [-0.1, -0.05) is 17.7 Å². The van der Waals surface area contributed by atoms with E-state index in [4.69, 9.17) is 31.8 Å². The summed E-state index contributed by atoms with van der Waals surface area (Å²) in [6.45, 7) is 1.36. The van der Waals surface area contributed by atoms with Gasteiger partial charge in [0, 0.05) is 43.4 Å². The van der Waals surface area contributed by atoms with Crippen LogP contribution in [0.3, 0.4) is 0 Å². The smallest absolute Gasteiger partial charge is 0.319 e. The van der Waals surface area contributed by atoms with Gasteiger partial charge in [0.15, 0.2) is 11.6 Å². The van der Waals surface area contributed by atoms with E-state index in [1.54, 1.807) is 0 Å². The predicted octanol–water partition coefficient (Wildman–Crippen LogP) is 6.99. The van der Waals surface area contributed by atoms with Crippen LogP contribution in [0.4, 0.5) is 24.0 Å². The summed E-state index contributed by atoms with van der Waals surface area (Å²) in [7, 11) is 1.92. The summed E-state index contributed by atoms with van der Waals surface area (Å²) in [4.78, 5) is 13.6. The average molecular weight is 655 g/mol. The molecule has 2 aromatic heterocycles. The largest absolute Gasteiger partial charge is 0.488 e. The van der Waals surface area contributed by atoms with Crippen LogP contribution in [-0.2, 0) is 0 Å². The van der Waals surface area contributed by atoms with E-state index in [0.29, 0.717) is 24.2 Å². The number of ether oxygens (including phenoxy) is 2. The van der Waals surface area contributed by atoms with Crippen LogP contribution in [0.25, 0.3) is 32.1 Å². The molecule has 1 saturated carbocycles. The Kier molecular flexibility index (Phi) is 6.75. The van der Waals surface area contributed by atoms with Gasteiger partial charge >= 0.3 is 6.01 Å². The molecule has 234 valence electrons. The number of halogens is 4. The number of nitrogen functional groups attached to an aromatic ring is 1. The molecule has 3 fully saturated rings. The van der Waals surface area contributed by atoms with Crippen molar-refractivity contribution in [3.05, 3.63) is 34.4 Å². The van der Waals surface area contributed by atoms with Crippen LogP contribution < -0.4 is 20.1 Å². The van der Waals surface area contributed by atoms with E-state index in [1.807, 2.05) is 18.0 Å².